The maximum Gasteiger partial charge on any atom is 0.347 e. The topological polar surface area (TPSA) is 111 Å². The molecule has 2 aromatic rings. The summed E-state index contributed by atoms with van der Waals surface area (Å²) in [6.07, 6.45) is 0. The summed E-state index contributed by atoms with van der Waals surface area (Å²) in [6, 6.07) is 8.87. The van der Waals surface area contributed by atoms with Crippen LogP contribution in [0.4, 0.5) is 0 Å². The van der Waals surface area contributed by atoms with Crippen molar-refractivity contribution < 1.29 is 24.9 Å². The molecule has 0 heterocycles. The van der Waals surface area contributed by atoms with Crippen LogP contribution in [-0.4, -0.2) is 21.3 Å². The molecular formula is C14H9NO5. The number of carbonyl (C=O) groups excluding carboxylic acids is 1. The number of phenols is 3. The standard InChI is InChI=1S/C14H9NO5/c15-7-8-1-2-10(17)6-13(8)20-14(19)11-5-9(16)3-4-12(11)18/h1-6,16-18H. The molecule has 0 aliphatic rings. The molecule has 0 saturated carbocycles. The van der Waals surface area contributed by atoms with E-state index < -0.39 is 5.97 Å². The van der Waals surface area contributed by atoms with Gasteiger partial charge in [-0.25, -0.2) is 4.79 Å². The molecule has 20 heavy (non-hydrogen) atoms. The van der Waals surface area contributed by atoms with Crippen molar-refractivity contribution in [3.8, 4) is 29.1 Å². The molecule has 0 bridgehead atoms. The average molecular weight is 271 g/mol. The fourth-order valence-electron chi connectivity index (χ4n) is 1.53. The first kappa shape index (κ1) is 13.2. The highest BCUT2D eigenvalue weighted by atomic mass is 16.5. The van der Waals surface area contributed by atoms with E-state index in [1.807, 2.05) is 0 Å². The molecule has 0 spiro atoms. The van der Waals surface area contributed by atoms with E-state index in [0.29, 0.717) is 0 Å². The number of nitrogens with zero attached hydrogens (tertiary/aromatic N) is 1. The van der Waals surface area contributed by atoms with E-state index in [9.17, 15) is 20.1 Å². The number of ether oxygens (including phenoxy) is 1. The van der Waals surface area contributed by atoms with Crippen molar-refractivity contribution in [2.45, 2.75) is 0 Å². The Balaban J connectivity index is 2.35. The molecule has 2 rings (SSSR count). The molecule has 100 valence electrons. The molecule has 0 unspecified atom stereocenters. The maximum absolute atomic E-state index is 11.9. The number of rotatable bonds is 2. The van der Waals surface area contributed by atoms with Gasteiger partial charge in [0.15, 0.2) is 5.75 Å². The smallest absolute Gasteiger partial charge is 0.347 e. The largest absolute Gasteiger partial charge is 0.508 e. The number of hydrogen-bond donors (Lipinski definition) is 3. The monoisotopic (exact) mass is 271 g/mol. The van der Waals surface area contributed by atoms with Crippen molar-refractivity contribution in [3.05, 3.63) is 47.5 Å². The van der Waals surface area contributed by atoms with E-state index >= 15 is 0 Å². The molecule has 0 aliphatic heterocycles. The first-order valence-electron chi connectivity index (χ1n) is 5.48. The summed E-state index contributed by atoms with van der Waals surface area (Å²) in [5.74, 6) is -1.86. The molecule has 0 fully saturated rings. The number of esters is 1. The normalized spacial score (nSPS) is 9.75. The van der Waals surface area contributed by atoms with Gasteiger partial charge in [0.2, 0.25) is 0 Å². The van der Waals surface area contributed by atoms with Gasteiger partial charge in [-0.15, -0.1) is 0 Å². The van der Waals surface area contributed by atoms with Crippen molar-refractivity contribution in [2.75, 3.05) is 0 Å². The SMILES string of the molecule is N#Cc1ccc(O)cc1OC(=O)c1cc(O)ccc1O. The van der Waals surface area contributed by atoms with Crippen LogP contribution in [0.25, 0.3) is 0 Å². The van der Waals surface area contributed by atoms with Crippen molar-refractivity contribution in [1.82, 2.24) is 0 Å². The lowest BCUT2D eigenvalue weighted by Gasteiger charge is -2.08. The minimum atomic E-state index is -0.958. The second-order valence-corrected chi connectivity index (χ2v) is 3.88. The minimum Gasteiger partial charge on any atom is -0.508 e. The van der Waals surface area contributed by atoms with Crippen LogP contribution in [0.3, 0.4) is 0 Å². The van der Waals surface area contributed by atoms with Crippen LogP contribution >= 0.6 is 0 Å². The molecule has 0 saturated heterocycles. The number of carbonyl (C=O) groups is 1. The lowest BCUT2D eigenvalue weighted by Crippen LogP contribution is -2.09. The summed E-state index contributed by atoms with van der Waals surface area (Å²) in [5.41, 5.74) is -0.201. The number of aromatic hydroxyl groups is 3. The summed E-state index contributed by atoms with van der Waals surface area (Å²) in [4.78, 5) is 11.9. The number of benzene rings is 2. The zero-order valence-corrected chi connectivity index (χ0v) is 10.1. The molecular weight excluding hydrogens is 262 g/mol. The van der Waals surface area contributed by atoms with Crippen molar-refractivity contribution >= 4 is 5.97 Å². The highest BCUT2D eigenvalue weighted by molar-refractivity contribution is 5.94. The van der Waals surface area contributed by atoms with Crippen LogP contribution in [0, 0.1) is 11.3 Å². The summed E-state index contributed by atoms with van der Waals surface area (Å²) in [7, 11) is 0. The highest BCUT2D eigenvalue weighted by Gasteiger charge is 2.16. The molecule has 0 radical (unpaired) electrons. The van der Waals surface area contributed by atoms with Crippen LogP contribution in [0.5, 0.6) is 23.0 Å². The third kappa shape index (κ3) is 2.62. The first-order valence-corrected chi connectivity index (χ1v) is 5.48. The Kier molecular flexibility index (Phi) is 3.44. The molecule has 6 heteroatoms. The van der Waals surface area contributed by atoms with Crippen LogP contribution < -0.4 is 4.74 Å². The van der Waals surface area contributed by atoms with E-state index in [-0.39, 0.29) is 34.1 Å². The van der Waals surface area contributed by atoms with Crippen molar-refractivity contribution in [1.29, 1.82) is 5.26 Å². The van der Waals surface area contributed by atoms with Gasteiger partial charge < -0.3 is 20.1 Å². The third-order valence-corrected chi connectivity index (χ3v) is 2.49. The average Bonchev–Trinajstić information content (AvgIpc) is 2.41. The molecule has 2 aromatic carbocycles. The Morgan fingerprint density at radius 1 is 1.05 bits per heavy atom. The first-order chi connectivity index (χ1) is 9.51. The van der Waals surface area contributed by atoms with Crippen molar-refractivity contribution in [3.63, 3.8) is 0 Å². The lowest BCUT2D eigenvalue weighted by molar-refractivity contribution is 0.0730. The van der Waals surface area contributed by atoms with Gasteiger partial charge in [-0.1, -0.05) is 0 Å². The van der Waals surface area contributed by atoms with Gasteiger partial charge in [-0.3, -0.25) is 0 Å². The van der Waals surface area contributed by atoms with Crippen molar-refractivity contribution in [2.24, 2.45) is 0 Å². The van der Waals surface area contributed by atoms with Crippen LogP contribution in [0.1, 0.15) is 15.9 Å². The second kappa shape index (κ2) is 5.20. The molecule has 6 nitrogen and oxygen atoms in total. The minimum absolute atomic E-state index is 0.0517. The zero-order valence-electron chi connectivity index (χ0n) is 10.1. The number of phenolic OH excluding ortho intramolecular Hbond substituents is 3. The maximum atomic E-state index is 11.9. The Bertz CT molecular complexity index is 718. The summed E-state index contributed by atoms with van der Waals surface area (Å²) >= 11 is 0. The Morgan fingerprint density at radius 3 is 2.40 bits per heavy atom. The quantitative estimate of drug-likeness (QED) is 0.437. The van der Waals surface area contributed by atoms with Crippen LogP contribution in [0.2, 0.25) is 0 Å². The van der Waals surface area contributed by atoms with E-state index in [0.717, 1.165) is 18.2 Å². The lowest BCUT2D eigenvalue weighted by atomic mass is 10.2. The molecule has 0 aliphatic carbocycles. The Labute approximate surface area is 113 Å². The Morgan fingerprint density at radius 2 is 1.70 bits per heavy atom. The van der Waals surface area contributed by atoms with Gasteiger partial charge in [-0.05, 0) is 30.3 Å². The van der Waals surface area contributed by atoms with Gasteiger partial charge in [0.25, 0.3) is 0 Å². The van der Waals surface area contributed by atoms with Gasteiger partial charge in [-0.2, -0.15) is 5.26 Å². The van der Waals surface area contributed by atoms with E-state index in [2.05, 4.69) is 0 Å². The summed E-state index contributed by atoms with van der Waals surface area (Å²) in [6.45, 7) is 0. The summed E-state index contributed by atoms with van der Waals surface area (Å²) in [5, 5.41) is 37.0. The highest BCUT2D eigenvalue weighted by Crippen LogP contribution is 2.27. The van der Waals surface area contributed by atoms with E-state index in [4.69, 9.17) is 10.00 Å². The van der Waals surface area contributed by atoms with E-state index in [1.165, 1.54) is 18.2 Å². The number of nitriles is 1. The van der Waals surface area contributed by atoms with Crippen LogP contribution in [0.15, 0.2) is 36.4 Å². The molecule has 3 N–H and O–H groups in total. The van der Waals surface area contributed by atoms with Gasteiger partial charge in [0, 0.05) is 6.07 Å². The zero-order chi connectivity index (χ0) is 14.7. The number of hydrogen-bond acceptors (Lipinski definition) is 6. The molecule has 0 atom stereocenters. The summed E-state index contributed by atoms with van der Waals surface area (Å²) < 4.78 is 4.95. The fourth-order valence-corrected chi connectivity index (χ4v) is 1.53. The third-order valence-electron chi connectivity index (χ3n) is 2.49. The predicted molar refractivity (Wildman–Crippen MR) is 67.6 cm³/mol. The Hall–Kier alpha value is -3.20. The predicted octanol–water partition coefficient (Wildman–Crippen LogP) is 1.89. The van der Waals surface area contributed by atoms with E-state index in [1.54, 1.807) is 6.07 Å². The van der Waals surface area contributed by atoms with Gasteiger partial charge >= 0.3 is 5.97 Å². The van der Waals surface area contributed by atoms with Gasteiger partial charge in [0.05, 0.1) is 5.56 Å². The fraction of sp³-hybridized carbons (Fsp3) is 0. The molecule has 0 aromatic heterocycles. The second-order valence-electron chi connectivity index (χ2n) is 3.88. The van der Waals surface area contributed by atoms with Gasteiger partial charge in [0.1, 0.15) is 28.9 Å². The van der Waals surface area contributed by atoms with Crippen LogP contribution in [-0.2, 0) is 0 Å². The molecule has 0 amide bonds.